The van der Waals surface area contributed by atoms with Crippen molar-refractivity contribution in [2.45, 2.75) is 6.42 Å². The summed E-state index contributed by atoms with van der Waals surface area (Å²) in [6.07, 6.45) is 0.469. The second kappa shape index (κ2) is 7.80. The van der Waals surface area contributed by atoms with Crippen LogP contribution >= 0.6 is 23.2 Å². The maximum Gasteiger partial charge on any atom is 0.282 e. The average Bonchev–Trinajstić information content (AvgIpc) is 2.61. The van der Waals surface area contributed by atoms with E-state index in [1.54, 1.807) is 12.1 Å². The van der Waals surface area contributed by atoms with Gasteiger partial charge in [0.25, 0.3) is 11.6 Å². The third-order valence-corrected chi connectivity index (χ3v) is 4.27. The van der Waals surface area contributed by atoms with Crippen molar-refractivity contribution in [1.82, 2.24) is 5.32 Å². The zero-order valence-electron chi connectivity index (χ0n) is 13.5. The number of nitrogens with zero attached hydrogens (tertiary/aromatic N) is 1. The molecule has 2 aromatic rings. The fraction of sp³-hybridized carbons (Fsp3) is 0.235. The minimum atomic E-state index is -0.619. The Morgan fingerprint density at radius 2 is 1.96 bits per heavy atom. The van der Waals surface area contributed by atoms with E-state index in [1.165, 1.54) is 18.2 Å². The van der Waals surface area contributed by atoms with Gasteiger partial charge < -0.3 is 14.8 Å². The predicted molar refractivity (Wildman–Crippen MR) is 96.6 cm³/mol. The van der Waals surface area contributed by atoms with Crippen molar-refractivity contribution in [1.29, 1.82) is 0 Å². The monoisotopic (exact) mass is 396 g/mol. The molecule has 1 amide bonds. The third-order valence-electron chi connectivity index (χ3n) is 3.76. The number of amides is 1. The quantitative estimate of drug-likeness (QED) is 0.615. The molecule has 26 heavy (non-hydrogen) atoms. The van der Waals surface area contributed by atoms with Gasteiger partial charge in [-0.15, -0.1) is 0 Å². The van der Waals surface area contributed by atoms with Gasteiger partial charge in [0.2, 0.25) is 0 Å². The summed E-state index contributed by atoms with van der Waals surface area (Å²) in [4.78, 5) is 22.7. The number of nitro groups is 1. The number of benzene rings is 2. The predicted octanol–water partition coefficient (Wildman–Crippen LogP) is 3.65. The molecule has 7 nitrogen and oxygen atoms in total. The molecule has 0 bridgehead atoms. The molecule has 0 radical (unpaired) electrons. The summed E-state index contributed by atoms with van der Waals surface area (Å²) in [5.41, 5.74) is 0.470. The van der Waals surface area contributed by atoms with Crippen LogP contribution in [0.25, 0.3) is 0 Å². The SMILES string of the molecule is O=C(NCCc1cc(Cl)c2c(c1)OCCO2)c1cc(Cl)ccc1[N+](=O)[O-]. The molecule has 0 fully saturated rings. The van der Waals surface area contributed by atoms with Crippen molar-refractivity contribution in [2.75, 3.05) is 19.8 Å². The number of ether oxygens (including phenoxy) is 2. The highest BCUT2D eigenvalue weighted by molar-refractivity contribution is 6.32. The number of halogens is 2. The van der Waals surface area contributed by atoms with Gasteiger partial charge in [-0.2, -0.15) is 0 Å². The lowest BCUT2D eigenvalue weighted by Crippen LogP contribution is -2.26. The first-order chi connectivity index (χ1) is 12.5. The van der Waals surface area contributed by atoms with E-state index in [9.17, 15) is 14.9 Å². The summed E-state index contributed by atoms with van der Waals surface area (Å²) >= 11 is 12.0. The Balaban J connectivity index is 1.67. The topological polar surface area (TPSA) is 90.7 Å². The summed E-state index contributed by atoms with van der Waals surface area (Å²) in [6, 6.07) is 7.39. The molecule has 3 rings (SSSR count). The first-order valence-electron chi connectivity index (χ1n) is 7.76. The average molecular weight is 397 g/mol. The number of fused-ring (bicyclic) bond motifs is 1. The maximum atomic E-state index is 12.3. The Morgan fingerprint density at radius 1 is 1.19 bits per heavy atom. The van der Waals surface area contributed by atoms with Crippen LogP contribution in [-0.4, -0.2) is 30.6 Å². The highest BCUT2D eigenvalue weighted by Crippen LogP contribution is 2.38. The molecule has 0 aromatic heterocycles. The molecule has 1 N–H and O–H groups in total. The summed E-state index contributed by atoms with van der Waals surface area (Å²) in [6.45, 7) is 1.15. The second-order valence-corrected chi connectivity index (χ2v) is 6.37. The first-order valence-corrected chi connectivity index (χ1v) is 8.51. The molecule has 0 spiro atoms. The van der Waals surface area contributed by atoms with Crippen LogP contribution in [0.4, 0.5) is 5.69 Å². The van der Waals surface area contributed by atoms with Gasteiger partial charge >= 0.3 is 0 Å². The molecule has 0 saturated heterocycles. The van der Waals surface area contributed by atoms with Crippen LogP contribution in [-0.2, 0) is 6.42 Å². The zero-order chi connectivity index (χ0) is 18.7. The van der Waals surface area contributed by atoms with Crippen LogP contribution in [0.2, 0.25) is 10.0 Å². The molecule has 0 atom stereocenters. The lowest BCUT2D eigenvalue weighted by molar-refractivity contribution is -0.385. The van der Waals surface area contributed by atoms with E-state index in [2.05, 4.69) is 5.32 Å². The number of hydrogen-bond donors (Lipinski definition) is 1. The Kier molecular flexibility index (Phi) is 5.49. The van der Waals surface area contributed by atoms with Crippen LogP contribution in [0, 0.1) is 10.1 Å². The van der Waals surface area contributed by atoms with Crippen LogP contribution in [0.15, 0.2) is 30.3 Å². The van der Waals surface area contributed by atoms with Crippen LogP contribution in [0.5, 0.6) is 11.5 Å². The zero-order valence-corrected chi connectivity index (χ0v) is 15.0. The second-order valence-electron chi connectivity index (χ2n) is 5.53. The number of rotatable bonds is 5. The Labute approximate surface area is 159 Å². The van der Waals surface area contributed by atoms with E-state index in [4.69, 9.17) is 32.7 Å². The first kappa shape index (κ1) is 18.3. The van der Waals surface area contributed by atoms with Gasteiger partial charge in [0.1, 0.15) is 18.8 Å². The molecule has 0 unspecified atom stereocenters. The van der Waals surface area contributed by atoms with Crippen LogP contribution in [0.3, 0.4) is 0 Å². The largest absolute Gasteiger partial charge is 0.486 e. The van der Waals surface area contributed by atoms with Crippen molar-refractivity contribution in [3.05, 3.63) is 61.6 Å². The number of nitrogens with one attached hydrogen (secondary N) is 1. The molecule has 9 heteroatoms. The van der Waals surface area contributed by atoms with Crippen molar-refractivity contribution in [3.8, 4) is 11.5 Å². The minimum absolute atomic E-state index is 0.0808. The molecular weight excluding hydrogens is 383 g/mol. The normalized spacial score (nSPS) is 12.5. The van der Waals surface area contributed by atoms with Gasteiger partial charge in [-0.1, -0.05) is 23.2 Å². The summed E-state index contributed by atoms with van der Waals surface area (Å²) < 4.78 is 11.0. The molecular formula is C17H14Cl2N2O5. The van der Waals surface area contributed by atoms with Gasteiger partial charge in [0, 0.05) is 17.6 Å². The van der Waals surface area contributed by atoms with Crippen molar-refractivity contribution in [3.63, 3.8) is 0 Å². The van der Waals surface area contributed by atoms with Crippen molar-refractivity contribution in [2.24, 2.45) is 0 Å². The molecule has 1 aliphatic heterocycles. The summed E-state index contributed by atoms with van der Waals surface area (Å²) in [5, 5.41) is 14.4. The van der Waals surface area contributed by atoms with Crippen LogP contribution < -0.4 is 14.8 Å². The van der Waals surface area contributed by atoms with E-state index < -0.39 is 10.8 Å². The maximum absolute atomic E-state index is 12.3. The molecule has 2 aromatic carbocycles. The molecule has 1 aliphatic rings. The van der Waals surface area contributed by atoms with E-state index in [-0.39, 0.29) is 22.8 Å². The van der Waals surface area contributed by atoms with Crippen LogP contribution in [0.1, 0.15) is 15.9 Å². The number of carbonyl (C=O) groups excluding carboxylic acids is 1. The molecule has 0 aliphatic carbocycles. The number of hydrogen-bond acceptors (Lipinski definition) is 5. The van der Waals surface area contributed by atoms with Gasteiger partial charge in [0.05, 0.1) is 9.95 Å². The lowest BCUT2D eigenvalue weighted by Gasteiger charge is -2.20. The summed E-state index contributed by atoms with van der Waals surface area (Å²) in [7, 11) is 0. The Bertz CT molecular complexity index is 872. The molecule has 0 saturated carbocycles. The minimum Gasteiger partial charge on any atom is -0.486 e. The van der Waals surface area contributed by atoms with E-state index in [0.29, 0.717) is 36.2 Å². The van der Waals surface area contributed by atoms with Crippen molar-refractivity contribution >= 4 is 34.8 Å². The highest BCUT2D eigenvalue weighted by Gasteiger charge is 2.20. The molecule has 1 heterocycles. The lowest BCUT2D eigenvalue weighted by atomic mass is 10.1. The Morgan fingerprint density at radius 3 is 2.73 bits per heavy atom. The third kappa shape index (κ3) is 4.00. The van der Waals surface area contributed by atoms with E-state index in [1.807, 2.05) is 0 Å². The number of carbonyl (C=O) groups is 1. The fourth-order valence-electron chi connectivity index (χ4n) is 2.57. The summed E-state index contributed by atoms with van der Waals surface area (Å²) in [5.74, 6) is 0.513. The number of nitro benzene ring substituents is 1. The van der Waals surface area contributed by atoms with Gasteiger partial charge in [-0.3, -0.25) is 14.9 Å². The molecule has 136 valence electrons. The highest BCUT2D eigenvalue weighted by atomic mass is 35.5. The van der Waals surface area contributed by atoms with Crippen molar-refractivity contribution < 1.29 is 19.2 Å². The van der Waals surface area contributed by atoms with E-state index in [0.717, 1.165) is 5.56 Å². The van der Waals surface area contributed by atoms with Gasteiger partial charge in [-0.25, -0.2) is 0 Å². The van der Waals surface area contributed by atoms with E-state index >= 15 is 0 Å². The fourth-order valence-corrected chi connectivity index (χ4v) is 3.03. The van der Waals surface area contributed by atoms with Gasteiger partial charge in [-0.05, 0) is 36.2 Å². The Hall–Kier alpha value is -2.51. The standard InChI is InChI=1S/C17H14Cl2N2O5/c18-11-1-2-14(21(23)24)12(9-11)17(22)20-4-3-10-7-13(19)16-15(8-10)25-5-6-26-16/h1-2,7-9H,3-6H2,(H,20,22). The van der Waals surface area contributed by atoms with Gasteiger partial charge in [0.15, 0.2) is 11.5 Å². The smallest absolute Gasteiger partial charge is 0.282 e.